The molecule has 0 atom stereocenters. The third-order valence-electron chi connectivity index (χ3n) is 8.69. The quantitative estimate of drug-likeness (QED) is 0.208. The largest absolute Gasteiger partial charge is 0.369 e. The normalized spacial score (nSPS) is 16.4. The van der Waals surface area contributed by atoms with Crippen LogP contribution in [0.1, 0.15) is 23.2 Å². The SMILES string of the molecule is CS(=O)(=O)N1CCc2c(c(-c3ccc(Cl)c(NS(=O)(=O)C=Cc4ccccc4)c3)nn2CCCN2CCN(c3cccc(Cl)c3)CC2)C1. The van der Waals surface area contributed by atoms with E-state index in [1.54, 1.807) is 18.2 Å². The topological polar surface area (TPSA) is 108 Å². The van der Waals surface area contributed by atoms with E-state index in [1.807, 2.05) is 53.2 Å². The van der Waals surface area contributed by atoms with Crippen LogP contribution < -0.4 is 9.62 Å². The molecule has 0 amide bonds. The van der Waals surface area contributed by atoms with Gasteiger partial charge in [0, 0.05) is 86.3 Å². The minimum atomic E-state index is -3.88. The van der Waals surface area contributed by atoms with Gasteiger partial charge in [-0.05, 0) is 48.4 Å². The Kier molecular flexibility index (Phi) is 10.5. The zero-order valence-electron chi connectivity index (χ0n) is 26.6. The molecule has 0 spiro atoms. The number of aromatic nitrogens is 2. The van der Waals surface area contributed by atoms with Gasteiger partial charge in [0.05, 0.1) is 28.1 Å². The van der Waals surface area contributed by atoms with Crippen LogP contribution in [0, 0.1) is 0 Å². The summed E-state index contributed by atoms with van der Waals surface area (Å²) in [6.45, 7) is 5.89. The summed E-state index contributed by atoms with van der Waals surface area (Å²) in [5, 5.41) is 7.06. The minimum absolute atomic E-state index is 0.193. The molecule has 10 nitrogen and oxygen atoms in total. The molecule has 4 aromatic rings. The number of anilines is 2. The van der Waals surface area contributed by atoms with Gasteiger partial charge in [0.1, 0.15) is 0 Å². The second kappa shape index (κ2) is 14.6. The van der Waals surface area contributed by atoms with E-state index >= 15 is 0 Å². The number of piperazine rings is 1. The van der Waals surface area contributed by atoms with Crippen LogP contribution >= 0.6 is 23.2 Å². The lowest BCUT2D eigenvalue weighted by Crippen LogP contribution is -2.46. The van der Waals surface area contributed by atoms with Crippen LogP contribution in [0.2, 0.25) is 10.0 Å². The predicted octanol–water partition coefficient (Wildman–Crippen LogP) is 5.80. The molecular formula is C34H38Cl2N6O4S2. The van der Waals surface area contributed by atoms with E-state index in [1.165, 1.54) is 16.6 Å². The van der Waals surface area contributed by atoms with Gasteiger partial charge in [-0.25, -0.2) is 16.8 Å². The van der Waals surface area contributed by atoms with Gasteiger partial charge in [-0.1, -0.05) is 65.7 Å². The van der Waals surface area contributed by atoms with Crippen molar-refractivity contribution in [1.29, 1.82) is 0 Å². The third kappa shape index (κ3) is 8.42. The Morgan fingerprint density at radius 2 is 1.65 bits per heavy atom. The number of rotatable bonds is 11. The molecule has 1 fully saturated rings. The van der Waals surface area contributed by atoms with Crippen LogP contribution in [0.5, 0.6) is 0 Å². The Morgan fingerprint density at radius 3 is 2.38 bits per heavy atom. The zero-order chi connectivity index (χ0) is 33.9. The van der Waals surface area contributed by atoms with E-state index in [4.69, 9.17) is 28.3 Å². The number of nitrogens with one attached hydrogen (secondary N) is 1. The summed E-state index contributed by atoms with van der Waals surface area (Å²) in [5.74, 6) is 0. The molecule has 0 bridgehead atoms. The molecule has 6 rings (SSSR count). The van der Waals surface area contributed by atoms with Crippen molar-refractivity contribution >= 4 is 60.7 Å². The lowest BCUT2D eigenvalue weighted by atomic mass is 10.0. The molecule has 2 aliphatic heterocycles. The first-order valence-electron chi connectivity index (χ1n) is 15.8. The second-order valence-electron chi connectivity index (χ2n) is 12.1. The van der Waals surface area contributed by atoms with Crippen LogP contribution in [-0.4, -0.2) is 81.3 Å². The van der Waals surface area contributed by atoms with Gasteiger partial charge in [-0.15, -0.1) is 0 Å². The summed E-state index contributed by atoms with van der Waals surface area (Å²) in [6, 6.07) is 22.1. The number of sulfonamides is 2. The Labute approximate surface area is 292 Å². The van der Waals surface area contributed by atoms with Crippen molar-refractivity contribution in [2.75, 3.05) is 55.1 Å². The highest BCUT2D eigenvalue weighted by Crippen LogP contribution is 2.35. The molecule has 1 N–H and O–H groups in total. The maximum Gasteiger partial charge on any atom is 0.255 e. The molecule has 3 heterocycles. The van der Waals surface area contributed by atoms with Crippen LogP contribution in [0.4, 0.5) is 11.4 Å². The maximum atomic E-state index is 13.0. The van der Waals surface area contributed by atoms with Gasteiger partial charge in [0.25, 0.3) is 10.0 Å². The summed E-state index contributed by atoms with van der Waals surface area (Å²) < 4.78 is 57.0. The van der Waals surface area contributed by atoms with Gasteiger partial charge in [-0.3, -0.25) is 14.3 Å². The zero-order valence-corrected chi connectivity index (χ0v) is 29.7. The van der Waals surface area contributed by atoms with Crippen LogP contribution in [-0.2, 0) is 39.6 Å². The fourth-order valence-electron chi connectivity index (χ4n) is 6.18. The third-order valence-corrected chi connectivity index (χ3v) is 11.5. The van der Waals surface area contributed by atoms with Gasteiger partial charge < -0.3 is 4.90 Å². The lowest BCUT2D eigenvalue weighted by molar-refractivity contribution is 0.248. The number of hydrogen-bond acceptors (Lipinski definition) is 7. The van der Waals surface area contributed by atoms with E-state index < -0.39 is 20.0 Å². The molecule has 3 aromatic carbocycles. The molecule has 1 saturated heterocycles. The molecule has 0 unspecified atom stereocenters. The molecule has 14 heteroatoms. The van der Waals surface area contributed by atoms with Crippen molar-refractivity contribution in [3.8, 4) is 11.3 Å². The molecule has 1 aromatic heterocycles. The smallest absolute Gasteiger partial charge is 0.255 e. The van der Waals surface area contributed by atoms with Crippen molar-refractivity contribution in [3.05, 3.63) is 105 Å². The Hall–Kier alpha value is -3.39. The number of benzene rings is 3. The number of nitrogens with zero attached hydrogens (tertiary/aromatic N) is 5. The average Bonchev–Trinajstić information content (AvgIpc) is 3.43. The maximum absolute atomic E-state index is 13.0. The highest BCUT2D eigenvalue weighted by molar-refractivity contribution is 7.95. The molecule has 2 aliphatic rings. The molecule has 0 aliphatic carbocycles. The first-order valence-corrected chi connectivity index (χ1v) is 19.9. The summed E-state index contributed by atoms with van der Waals surface area (Å²) in [4.78, 5) is 4.80. The second-order valence-corrected chi connectivity index (χ2v) is 16.5. The molecule has 0 radical (unpaired) electrons. The van der Waals surface area contributed by atoms with E-state index in [0.29, 0.717) is 30.8 Å². The van der Waals surface area contributed by atoms with Crippen molar-refractivity contribution in [3.63, 3.8) is 0 Å². The van der Waals surface area contributed by atoms with Crippen molar-refractivity contribution in [2.45, 2.75) is 25.9 Å². The van der Waals surface area contributed by atoms with Crippen molar-refractivity contribution in [1.82, 2.24) is 19.0 Å². The number of halogens is 2. The van der Waals surface area contributed by atoms with Crippen LogP contribution in [0.25, 0.3) is 17.3 Å². The van der Waals surface area contributed by atoms with Gasteiger partial charge in [-0.2, -0.15) is 9.40 Å². The minimum Gasteiger partial charge on any atom is -0.369 e. The molecular weight excluding hydrogens is 691 g/mol. The van der Waals surface area contributed by atoms with Crippen LogP contribution in [0.3, 0.4) is 0 Å². The van der Waals surface area contributed by atoms with Gasteiger partial charge in [0.15, 0.2) is 0 Å². The number of aryl methyl sites for hydroxylation is 1. The standard InChI is InChI=1S/C34H38Cl2N6O4S2/c1-47(43,44)41-17-13-33-30(25-41)34(27-11-12-31(36)32(23-27)38-48(45,46)22-14-26-7-3-2-4-8-26)37-42(33)16-6-15-39-18-20-40(21-19-39)29-10-5-9-28(35)24-29/h2-5,7-12,14,22-24,38H,6,13,15-21,25H2,1H3. The lowest BCUT2D eigenvalue weighted by Gasteiger charge is -2.36. The summed E-state index contributed by atoms with van der Waals surface area (Å²) >= 11 is 12.7. The van der Waals surface area contributed by atoms with E-state index in [0.717, 1.165) is 72.1 Å². The van der Waals surface area contributed by atoms with E-state index in [2.05, 4.69) is 20.6 Å². The highest BCUT2D eigenvalue weighted by atomic mass is 35.5. The first-order chi connectivity index (χ1) is 22.9. The van der Waals surface area contributed by atoms with Crippen molar-refractivity contribution in [2.24, 2.45) is 0 Å². The molecule has 254 valence electrons. The first kappa shape index (κ1) is 34.5. The monoisotopic (exact) mass is 728 g/mol. The Bertz CT molecular complexity index is 2010. The van der Waals surface area contributed by atoms with E-state index in [-0.39, 0.29) is 17.3 Å². The fraction of sp³-hybridized carbons (Fsp3) is 0.324. The molecule has 48 heavy (non-hydrogen) atoms. The van der Waals surface area contributed by atoms with E-state index in [9.17, 15) is 16.8 Å². The van der Waals surface area contributed by atoms with Crippen LogP contribution in [0.15, 0.2) is 78.2 Å². The number of hydrogen-bond donors (Lipinski definition) is 1. The number of fused-ring (bicyclic) bond motifs is 1. The summed E-state index contributed by atoms with van der Waals surface area (Å²) in [5.41, 5.74) is 5.18. The highest BCUT2D eigenvalue weighted by Gasteiger charge is 2.30. The van der Waals surface area contributed by atoms with Gasteiger partial charge in [0.2, 0.25) is 10.0 Å². The van der Waals surface area contributed by atoms with Crippen molar-refractivity contribution < 1.29 is 16.8 Å². The fourth-order valence-corrected chi connectivity index (χ4v) is 8.25. The summed E-state index contributed by atoms with van der Waals surface area (Å²) in [7, 11) is -7.31. The Balaban J connectivity index is 1.19. The average molecular weight is 730 g/mol. The summed E-state index contributed by atoms with van der Waals surface area (Å²) in [6.07, 6.45) is 4.13. The Morgan fingerprint density at radius 1 is 0.875 bits per heavy atom. The van der Waals surface area contributed by atoms with Gasteiger partial charge >= 0.3 is 0 Å². The predicted molar refractivity (Wildman–Crippen MR) is 194 cm³/mol. The molecule has 0 saturated carbocycles.